The third-order valence-electron chi connectivity index (χ3n) is 3.04. The van der Waals surface area contributed by atoms with Crippen LogP contribution in [-0.4, -0.2) is 9.97 Å². The number of nitrogens with zero attached hydrogens (tertiary/aromatic N) is 2. The van der Waals surface area contributed by atoms with Crippen molar-refractivity contribution >= 4 is 11.4 Å². The van der Waals surface area contributed by atoms with Crippen molar-refractivity contribution in [3.63, 3.8) is 0 Å². The summed E-state index contributed by atoms with van der Waals surface area (Å²) in [7, 11) is 0. The third kappa shape index (κ3) is 4.24. The van der Waals surface area contributed by atoms with Crippen LogP contribution in [0.3, 0.4) is 0 Å². The van der Waals surface area contributed by atoms with E-state index in [1.807, 2.05) is 18.2 Å². The maximum atomic E-state index is 11.9. The van der Waals surface area contributed by atoms with Gasteiger partial charge in [-0.3, -0.25) is 9.78 Å². The summed E-state index contributed by atoms with van der Waals surface area (Å²) in [5, 5.41) is 8.05. The van der Waals surface area contributed by atoms with E-state index in [9.17, 15) is 9.59 Å². The summed E-state index contributed by atoms with van der Waals surface area (Å²) >= 11 is 0. The summed E-state index contributed by atoms with van der Waals surface area (Å²) in [6, 6.07) is 9.14. The number of aromatic amines is 2. The molecule has 6 nitrogen and oxygen atoms in total. The predicted octanol–water partition coefficient (Wildman–Crippen LogP) is 3.21. The van der Waals surface area contributed by atoms with Crippen LogP contribution in [0.4, 0.5) is 11.4 Å². The van der Waals surface area contributed by atoms with Crippen LogP contribution in [-0.2, 0) is 6.42 Å². The van der Waals surface area contributed by atoms with E-state index in [1.165, 1.54) is 0 Å². The average Bonchev–Trinajstić information content (AvgIpc) is 2.47. The van der Waals surface area contributed by atoms with Crippen molar-refractivity contribution in [1.82, 2.24) is 9.97 Å². The number of benzene rings is 1. The number of hydrogen-bond donors (Lipinski definition) is 2. The largest absolute Gasteiger partial charge is 0.326 e. The number of hydrogen-bond acceptors (Lipinski definition) is 4. The van der Waals surface area contributed by atoms with E-state index < -0.39 is 11.2 Å². The van der Waals surface area contributed by atoms with Gasteiger partial charge in [0.25, 0.3) is 5.56 Å². The number of H-pyrrole nitrogens is 2. The fourth-order valence-electron chi connectivity index (χ4n) is 1.97. The van der Waals surface area contributed by atoms with Gasteiger partial charge < -0.3 is 4.98 Å². The third-order valence-corrected chi connectivity index (χ3v) is 3.04. The molecule has 0 fully saturated rings. The number of azo groups is 1. The highest BCUT2D eigenvalue weighted by Crippen LogP contribution is 2.17. The van der Waals surface area contributed by atoms with Gasteiger partial charge in [0.05, 0.1) is 11.4 Å². The lowest BCUT2D eigenvalue weighted by molar-refractivity contribution is 0.702. The van der Waals surface area contributed by atoms with Crippen molar-refractivity contribution in [3.8, 4) is 0 Å². The second-order valence-corrected chi connectivity index (χ2v) is 4.73. The van der Waals surface area contributed by atoms with Crippen molar-refractivity contribution in [3.05, 3.63) is 56.9 Å². The molecule has 0 saturated heterocycles. The second-order valence-electron chi connectivity index (χ2n) is 4.73. The highest BCUT2D eigenvalue weighted by molar-refractivity contribution is 5.41. The van der Waals surface area contributed by atoms with Gasteiger partial charge in [0.1, 0.15) is 0 Å². The van der Waals surface area contributed by atoms with Crippen molar-refractivity contribution in [2.75, 3.05) is 0 Å². The SMILES string of the molecule is CCCCCc1[nH]c(=O)[nH]c(=O)c1N=Nc1ccccc1. The molecule has 0 unspecified atom stereocenters. The molecule has 1 aromatic carbocycles. The van der Waals surface area contributed by atoms with Crippen LogP contribution in [0.5, 0.6) is 0 Å². The standard InChI is InChI=1S/C15H18N4O2/c1-2-3-5-10-12-13(14(20)17-15(21)16-12)19-18-11-8-6-4-7-9-11/h4,6-9H,2-3,5,10H2,1H3,(H2,16,17,20,21). The lowest BCUT2D eigenvalue weighted by atomic mass is 10.1. The summed E-state index contributed by atoms with van der Waals surface area (Å²) in [6.45, 7) is 2.09. The maximum absolute atomic E-state index is 11.9. The van der Waals surface area contributed by atoms with Crippen LogP contribution < -0.4 is 11.2 Å². The van der Waals surface area contributed by atoms with E-state index in [2.05, 4.69) is 27.1 Å². The molecule has 21 heavy (non-hydrogen) atoms. The summed E-state index contributed by atoms with van der Waals surface area (Å²) < 4.78 is 0. The van der Waals surface area contributed by atoms with Gasteiger partial charge >= 0.3 is 5.69 Å². The number of rotatable bonds is 6. The Morgan fingerprint density at radius 3 is 2.48 bits per heavy atom. The zero-order valence-electron chi connectivity index (χ0n) is 11.9. The van der Waals surface area contributed by atoms with E-state index in [4.69, 9.17) is 0 Å². The topological polar surface area (TPSA) is 90.4 Å². The van der Waals surface area contributed by atoms with Crippen molar-refractivity contribution in [2.45, 2.75) is 32.6 Å². The molecular weight excluding hydrogens is 268 g/mol. The number of unbranched alkanes of at least 4 members (excludes halogenated alkanes) is 2. The minimum absolute atomic E-state index is 0.176. The highest BCUT2D eigenvalue weighted by Gasteiger charge is 2.08. The molecule has 2 aromatic rings. The van der Waals surface area contributed by atoms with Crippen LogP contribution in [0.1, 0.15) is 31.9 Å². The first-order valence-corrected chi connectivity index (χ1v) is 7.03. The quantitative estimate of drug-likeness (QED) is 0.630. The van der Waals surface area contributed by atoms with Gasteiger partial charge in [0.2, 0.25) is 0 Å². The van der Waals surface area contributed by atoms with E-state index in [-0.39, 0.29) is 5.69 Å². The van der Waals surface area contributed by atoms with Crippen molar-refractivity contribution < 1.29 is 0 Å². The fourth-order valence-corrected chi connectivity index (χ4v) is 1.97. The molecule has 0 bridgehead atoms. The Bertz CT molecular complexity index is 716. The average molecular weight is 286 g/mol. The van der Waals surface area contributed by atoms with Crippen LogP contribution in [0.15, 0.2) is 50.1 Å². The Labute approximate surface area is 122 Å². The Morgan fingerprint density at radius 1 is 1.00 bits per heavy atom. The van der Waals surface area contributed by atoms with Crippen molar-refractivity contribution in [2.24, 2.45) is 10.2 Å². The number of aromatic nitrogens is 2. The van der Waals surface area contributed by atoms with E-state index >= 15 is 0 Å². The molecule has 0 aliphatic rings. The fraction of sp³-hybridized carbons (Fsp3) is 0.333. The molecule has 1 aromatic heterocycles. The van der Waals surface area contributed by atoms with Gasteiger partial charge in [-0.05, 0) is 25.0 Å². The molecule has 0 spiro atoms. The zero-order valence-corrected chi connectivity index (χ0v) is 11.9. The number of aryl methyl sites for hydroxylation is 1. The second kappa shape index (κ2) is 7.33. The molecule has 6 heteroatoms. The van der Waals surface area contributed by atoms with Gasteiger partial charge in [0.15, 0.2) is 5.69 Å². The molecule has 2 N–H and O–H groups in total. The van der Waals surface area contributed by atoms with E-state index in [1.54, 1.807) is 12.1 Å². The van der Waals surface area contributed by atoms with Crippen molar-refractivity contribution in [1.29, 1.82) is 0 Å². The Hall–Kier alpha value is -2.50. The first-order chi connectivity index (χ1) is 10.2. The summed E-state index contributed by atoms with van der Waals surface area (Å²) in [5.74, 6) is 0. The van der Waals surface area contributed by atoms with E-state index in [0.717, 1.165) is 19.3 Å². The van der Waals surface area contributed by atoms with Crippen LogP contribution >= 0.6 is 0 Å². The monoisotopic (exact) mass is 286 g/mol. The molecule has 0 aliphatic heterocycles. The summed E-state index contributed by atoms with van der Waals surface area (Å²) in [5.41, 5.74) is 0.351. The first kappa shape index (κ1) is 14.9. The molecule has 0 saturated carbocycles. The van der Waals surface area contributed by atoms with Crippen LogP contribution in [0.2, 0.25) is 0 Å². The lowest BCUT2D eigenvalue weighted by Gasteiger charge is -2.03. The molecule has 0 amide bonds. The summed E-state index contributed by atoms with van der Waals surface area (Å²) in [6.07, 6.45) is 3.60. The minimum Gasteiger partial charge on any atom is -0.309 e. The highest BCUT2D eigenvalue weighted by atomic mass is 16.2. The zero-order chi connectivity index (χ0) is 15.1. The molecule has 2 rings (SSSR count). The van der Waals surface area contributed by atoms with Gasteiger partial charge in [-0.25, -0.2) is 4.79 Å². The van der Waals surface area contributed by atoms with Crippen LogP contribution in [0, 0.1) is 0 Å². The minimum atomic E-state index is -0.509. The summed E-state index contributed by atoms with van der Waals surface area (Å²) in [4.78, 5) is 28.1. The molecule has 110 valence electrons. The van der Waals surface area contributed by atoms with Gasteiger partial charge in [0, 0.05) is 0 Å². The molecule has 0 radical (unpaired) electrons. The Balaban J connectivity index is 2.31. The van der Waals surface area contributed by atoms with Gasteiger partial charge in [-0.2, -0.15) is 5.11 Å². The number of nitrogens with one attached hydrogen (secondary N) is 2. The first-order valence-electron chi connectivity index (χ1n) is 7.03. The van der Waals surface area contributed by atoms with Gasteiger partial charge in [-0.15, -0.1) is 5.11 Å². The predicted molar refractivity (Wildman–Crippen MR) is 81.5 cm³/mol. The smallest absolute Gasteiger partial charge is 0.309 e. The Morgan fingerprint density at radius 2 is 1.76 bits per heavy atom. The molecule has 0 aliphatic carbocycles. The molecule has 1 heterocycles. The lowest BCUT2D eigenvalue weighted by Crippen LogP contribution is -2.23. The molecular formula is C15H18N4O2. The molecule has 0 atom stereocenters. The van der Waals surface area contributed by atoms with Crippen LogP contribution in [0.25, 0.3) is 0 Å². The van der Waals surface area contributed by atoms with E-state index in [0.29, 0.717) is 17.8 Å². The normalized spacial score (nSPS) is 11.1. The maximum Gasteiger partial charge on any atom is 0.326 e. The Kier molecular flexibility index (Phi) is 5.20. The van der Waals surface area contributed by atoms with Gasteiger partial charge in [-0.1, -0.05) is 38.0 Å².